The molecule has 2 rings (SSSR count). The third kappa shape index (κ3) is 3.44. The number of ether oxygens (including phenoxy) is 2. The fourth-order valence-electron chi connectivity index (χ4n) is 2.19. The predicted molar refractivity (Wildman–Crippen MR) is 73.9 cm³/mol. The Morgan fingerprint density at radius 3 is 2.69 bits per heavy atom. The van der Waals surface area contributed by atoms with Gasteiger partial charge in [0.15, 0.2) is 0 Å². The highest BCUT2D eigenvalue weighted by molar-refractivity contribution is 14.1. The lowest BCUT2D eigenvalue weighted by Gasteiger charge is -2.19. The van der Waals surface area contributed by atoms with Gasteiger partial charge in [0.05, 0.1) is 22.5 Å². The first-order valence-corrected chi connectivity index (χ1v) is 9.86. The largest absolute Gasteiger partial charge is 0.370 e. The van der Waals surface area contributed by atoms with Crippen LogP contribution in [-0.2, 0) is 14.0 Å². The number of alkyl halides is 1. The molecule has 0 aromatic carbocycles. The molecule has 2 fully saturated rings. The topological polar surface area (TPSA) is 38.8 Å². The van der Waals surface area contributed by atoms with Crippen LogP contribution in [0.3, 0.4) is 0 Å². The van der Waals surface area contributed by atoms with Crippen molar-refractivity contribution in [2.24, 2.45) is 0 Å². The minimum Gasteiger partial charge on any atom is -0.370 e. The fraction of sp³-hybridized carbons (Fsp3) is 1.00. The van der Waals surface area contributed by atoms with Crippen molar-refractivity contribution in [3.63, 3.8) is 0 Å². The van der Waals surface area contributed by atoms with Crippen LogP contribution in [0.25, 0.3) is 0 Å². The van der Waals surface area contributed by atoms with E-state index in [2.05, 4.69) is 29.5 Å². The molecule has 0 N–H and O–H groups in total. The lowest BCUT2D eigenvalue weighted by Crippen LogP contribution is -2.14. The maximum Gasteiger partial charge on any atom is 0.121 e. The Balaban J connectivity index is 1.71. The van der Waals surface area contributed by atoms with E-state index in [0.29, 0.717) is 24.7 Å². The zero-order chi connectivity index (χ0) is 11.6. The van der Waals surface area contributed by atoms with Gasteiger partial charge in [0.25, 0.3) is 0 Å². The van der Waals surface area contributed by atoms with Crippen LogP contribution in [0, 0.1) is 0 Å². The van der Waals surface area contributed by atoms with Crippen LogP contribution in [-0.4, -0.2) is 35.0 Å². The van der Waals surface area contributed by atoms with Crippen molar-refractivity contribution >= 4 is 29.7 Å². The summed E-state index contributed by atoms with van der Waals surface area (Å²) in [6, 6.07) is 0. The highest BCUT2D eigenvalue weighted by Gasteiger charge is 2.48. The first-order chi connectivity index (χ1) is 7.67. The number of rotatable bonds is 7. The molecule has 1 heterocycles. The first kappa shape index (κ1) is 13.3. The number of hydrogen-bond acceptors (Lipinski definition) is 3. The number of halogens is 1. The Morgan fingerprint density at radius 1 is 1.44 bits per heavy atom. The summed E-state index contributed by atoms with van der Waals surface area (Å²) in [4.78, 5) is 0. The maximum atomic E-state index is 12.4. The summed E-state index contributed by atoms with van der Waals surface area (Å²) in [5.74, 6) is 0. The lowest BCUT2D eigenvalue weighted by atomic mass is 10.3. The molecular formula is C11H20IO3P. The summed E-state index contributed by atoms with van der Waals surface area (Å²) in [7, 11) is -2.05. The van der Waals surface area contributed by atoms with Crippen molar-refractivity contribution < 1.29 is 14.0 Å². The third-order valence-corrected chi connectivity index (χ3v) is 9.28. The maximum absolute atomic E-state index is 12.4. The van der Waals surface area contributed by atoms with Crippen LogP contribution in [0.4, 0.5) is 0 Å². The minimum absolute atomic E-state index is 0.307. The second-order valence-corrected chi connectivity index (χ2v) is 9.96. The van der Waals surface area contributed by atoms with Crippen LogP contribution in [0.15, 0.2) is 0 Å². The Morgan fingerprint density at radius 2 is 2.12 bits per heavy atom. The number of epoxide rings is 1. The van der Waals surface area contributed by atoms with E-state index in [0.717, 1.165) is 36.0 Å². The molecule has 1 aliphatic carbocycles. The smallest absolute Gasteiger partial charge is 0.121 e. The molecule has 0 radical (unpaired) electrons. The molecule has 3 nitrogen and oxygen atoms in total. The molecular weight excluding hydrogens is 338 g/mol. The van der Waals surface area contributed by atoms with Crippen molar-refractivity contribution in [2.75, 3.05) is 16.7 Å². The summed E-state index contributed by atoms with van der Waals surface area (Å²) >= 11 is 2.24. The number of unbranched alkanes of at least 4 members (excludes halogenated alkanes) is 1. The lowest BCUT2D eigenvalue weighted by molar-refractivity contribution is 0.0603. The molecule has 0 aromatic rings. The first-order valence-electron chi connectivity index (χ1n) is 6.07. The Hall–Kier alpha value is 0.880. The van der Waals surface area contributed by atoms with Gasteiger partial charge in [-0.2, -0.15) is 0 Å². The van der Waals surface area contributed by atoms with Gasteiger partial charge >= 0.3 is 0 Å². The Kier molecular flexibility index (Phi) is 4.73. The SMILES string of the molecule is CCCCP(=O)(CI)COC1C[C@@H]2O[C@@H]2C1. The predicted octanol–water partition coefficient (Wildman–Crippen LogP) is 3.45. The summed E-state index contributed by atoms with van der Waals surface area (Å²) in [6.07, 6.45) is 6.76. The van der Waals surface area contributed by atoms with Gasteiger partial charge in [0.1, 0.15) is 13.5 Å². The van der Waals surface area contributed by atoms with Crippen molar-refractivity contribution in [1.29, 1.82) is 0 Å². The Bertz CT molecular complexity index is 274. The molecule has 0 spiro atoms. The van der Waals surface area contributed by atoms with E-state index >= 15 is 0 Å². The zero-order valence-electron chi connectivity index (χ0n) is 9.73. The van der Waals surface area contributed by atoms with E-state index in [1.165, 1.54) is 0 Å². The molecule has 1 saturated carbocycles. The van der Waals surface area contributed by atoms with Crippen molar-refractivity contribution in [3.05, 3.63) is 0 Å². The summed E-state index contributed by atoms with van der Waals surface area (Å²) < 4.78 is 24.3. The van der Waals surface area contributed by atoms with Gasteiger partial charge in [-0.15, -0.1) is 0 Å². The summed E-state index contributed by atoms with van der Waals surface area (Å²) in [5, 5.41) is 0. The monoisotopic (exact) mass is 358 g/mol. The van der Waals surface area contributed by atoms with Crippen molar-refractivity contribution in [1.82, 2.24) is 0 Å². The summed E-state index contributed by atoms with van der Waals surface area (Å²) in [5.41, 5.74) is 0. The van der Waals surface area contributed by atoms with Crippen LogP contribution in [0.2, 0.25) is 0 Å². The quantitative estimate of drug-likeness (QED) is 0.303. The third-order valence-electron chi connectivity index (χ3n) is 3.36. The van der Waals surface area contributed by atoms with E-state index in [9.17, 15) is 4.57 Å². The number of fused-ring (bicyclic) bond motifs is 1. The van der Waals surface area contributed by atoms with Gasteiger partial charge < -0.3 is 14.0 Å². The van der Waals surface area contributed by atoms with Crippen LogP contribution < -0.4 is 0 Å². The second-order valence-electron chi connectivity index (χ2n) is 4.86. The van der Waals surface area contributed by atoms with Crippen molar-refractivity contribution in [2.45, 2.75) is 50.9 Å². The number of hydrogen-bond donors (Lipinski definition) is 0. The highest BCUT2D eigenvalue weighted by Crippen LogP contribution is 2.49. The normalized spacial score (nSPS) is 35.8. The van der Waals surface area contributed by atoms with E-state index in [1.54, 1.807) is 0 Å². The average Bonchev–Trinajstić information content (AvgIpc) is 2.92. The fourth-order valence-corrected chi connectivity index (χ4v) is 5.50. The van der Waals surface area contributed by atoms with Gasteiger partial charge in [-0.25, -0.2) is 0 Å². The molecule has 5 heteroatoms. The molecule has 2 unspecified atom stereocenters. The van der Waals surface area contributed by atoms with E-state index < -0.39 is 7.14 Å². The van der Waals surface area contributed by atoms with E-state index in [-0.39, 0.29) is 0 Å². The standard InChI is InChI=1S/C11H20IO3P/c1-2-3-4-16(13,7-12)8-14-9-5-10-11(6-9)15-10/h9-11H,2-8H2,1H3/t9?,10-,11+,16?. The van der Waals surface area contributed by atoms with Gasteiger partial charge in [-0.1, -0.05) is 35.9 Å². The zero-order valence-corrected chi connectivity index (χ0v) is 12.8. The van der Waals surface area contributed by atoms with E-state index in [4.69, 9.17) is 9.47 Å². The average molecular weight is 358 g/mol. The molecule has 0 aromatic heterocycles. The molecule has 16 heavy (non-hydrogen) atoms. The van der Waals surface area contributed by atoms with Crippen LogP contribution >= 0.6 is 29.7 Å². The molecule has 94 valence electrons. The highest BCUT2D eigenvalue weighted by atomic mass is 127. The minimum atomic E-state index is -2.05. The molecule has 2 aliphatic rings. The van der Waals surface area contributed by atoms with Crippen LogP contribution in [0.5, 0.6) is 0 Å². The molecule has 1 aliphatic heterocycles. The summed E-state index contributed by atoms with van der Waals surface area (Å²) in [6.45, 7) is 2.14. The second kappa shape index (κ2) is 5.68. The van der Waals surface area contributed by atoms with Gasteiger partial charge in [0, 0.05) is 19.0 Å². The van der Waals surface area contributed by atoms with E-state index in [1.807, 2.05) is 0 Å². The Labute approximate surface area is 111 Å². The van der Waals surface area contributed by atoms with Crippen LogP contribution in [0.1, 0.15) is 32.6 Å². The van der Waals surface area contributed by atoms with Gasteiger partial charge in [0.2, 0.25) is 0 Å². The molecule has 4 atom stereocenters. The molecule has 1 saturated heterocycles. The van der Waals surface area contributed by atoms with Crippen molar-refractivity contribution in [3.8, 4) is 0 Å². The van der Waals surface area contributed by atoms with Gasteiger partial charge in [-0.3, -0.25) is 0 Å². The molecule has 0 bridgehead atoms. The molecule has 0 amide bonds. The van der Waals surface area contributed by atoms with Gasteiger partial charge in [-0.05, 0) is 6.42 Å².